The van der Waals surface area contributed by atoms with E-state index in [0.29, 0.717) is 6.54 Å². The third-order valence-corrected chi connectivity index (χ3v) is 2.49. The van der Waals surface area contributed by atoms with Crippen LogP contribution >= 0.6 is 0 Å². The fourth-order valence-corrected chi connectivity index (χ4v) is 1.42. The number of hydrogen-bond acceptors (Lipinski definition) is 4. The molecule has 5 nitrogen and oxygen atoms in total. The molecule has 0 heterocycles. The summed E-state index contributed by atoms with van der Waals surface area (Å²) in [6, 6.07) is 7.44. The summed E-state index contributed by atoms with van der Waals surface area (Å²) < 4.78 is 15.0. The molecule has 0 atom stereocenters. The standard InChI is InChI=1S/C14H19NO4/c1-17-12-6-4-5-11(9-12)7-8-13(16)15-10-14(18-2)19-3/h4-9,14H,10H2,1-3H3,(H,15,16)/b8-7+. The number of carbonyl (C=O) groups excluding carboxylic acids is 1. The molecule has 0 unspecified atom stereocenters. The van der Waals surface area contributed by atoms with E-state index in [-0.39, 0.29) is 5.91 Å². The summed E-state index contributed by atoms with van der Waals surface area (Å²) in [5.74, 6) is 0.545. The third kappa shape index (κ3) is 5.54. The van der Waals surface area contributed by atoms with Crippen LogP contribution in [0.3, 0.4) is 0 Å². The molecule has 1 aromatic rings. The van der Waals surface area contributed by atoms with Gasteiger partial charge in [0.15, 0.2) is 6.29 Å². The van der Waals surface area contributed by atoms with E-state index in [0.717, 1.165) is 11.3 Å². The molecule has 104 valence electrons. The SMILES string of the molecule is COc1cccc(/C=C/C(=O)NCC(OC)OC)c1. The lowest BCUT2D eigenvalue weighted by Crippen LogP contribution is -2.33. The van der Waals surface area contributed by atoms with Crippen molar-refractivity contribution in [1.82, 2.24) is 5.32 Å². The predicted molar refractivity (Wildman–Crippen MR) is 72.8 cm³/mol. The molecule has 1 N–H and O–H groups in total. The number of nitrogens with one attached hydrogen (secondary N) is 1. The number of amides is 1. The molecule has 0 bridgehead atoms. The monoisotopic (exact) mass is 265 g/mol. The Hall–Kier alpha value is -1.85. The van der Waals surface area contributed by atoms with Gasteiger partial charge in [0.1, 0.15) is 5.75 Å². The van der Waals surface area contributed by atoms with Crippen molar-refractivity contribution in [2.45, 2.75) is 6.29 Å². The highest BCUT2D eigenvalue weighted by Gasteiger charge is 2.05. The third-order valence-electron chi connectivity index (χ3n) is 2.49. The molecule has 1 amide bonds. The van der Waals surface area contributed by atoms with E-state index in [4.69, 9.17) is 14.2 Å². The summed E-state index contributed by atoms with van der Waals surface area (Å²) in [6.07, 6.45) is 2.73. The van der Waals surface area contributed by atoms with E-state index in [1.165, 1.54) is 20.3 Å². The van der Waals surface area contributed by atoms with Gasteiger partial charge in [-0.05, 0) is 23.8 Å². The van der Waals surface area contributed by atoms with Crippen LogP contribution in [0.15, 0.2) is 30.3 Å². The second-order valence-electron chi connectivity index (χ2n) is 3.76. The van der Waals surface area contributed by atoms with Gasteiger partial charge in [-0.1, -0.05) is 12.1 Å². The fraction of sp³-hybridized carbons (Fsp3) is 0.357. The van der Waals surface area contributed by atoms with Crippen LogP contribution < -0.4 is 10.1 Å². The Morgan fingerprint density at radius 2 is 2.05 bits per heavy atom. The molecular formula is C14H19NO4. The first-order chi connectivity index (χ1) is 9.19. The topological polar surface area (TPSA) is 56.8 Å². The largest absolute Gasteiger partial charge is 0.497 e. The Kier molecular flexibility index (Phi) is 6.63. The van der Waals surface area contributed by atoms with Crippen molar-refractivity contribution in [2.75, 3.05) is 27.9 Å². The maximum Gasteiger partial charge on any atom is 0.244 e. The minimum atomic E-state index is -0.436. The normalized spacial score (nSPS) is 10.9. The Balaban J connectivity index is 2.49. The van der Waals surface area contributed by atoms with Gasteiger partial charge in [-0.3, -0.25) is 4.79 Å². The molecule has 1 rings (SSSR count). The number of hydrogen-bond donors (Lipinski definition) is 1. The average Bonchev–Trinajstić information content (AvgIpc) is 2.46. The average molecular weight is 265 g/mol. The highest BCUT2D eigenvalue weighted by molar-refractivity contribution is 5.91. The fourth-order valence-electron chi connectivity index (χ4n) is 1.42. The van der Waals surface area contributed by atoms with E-state index in [9.17, 15) is 4.79 Å². The molecule has 0 aliphatic rings. The molecule has 0 saturated heterocycles. The lowest BCUT2D eigenvalue weighted by Gasteiger charge is -2.12. The molecule has 19 heavy (non-hydrogen) atoms. The van der Waals surface area contributed by atoms with Gasteiger partial charge in [-0.2, -0.15) is 0 Å². The molecule has 0 radical (unpaired) electrons. The molecular weight excluding hydrogens is 246 g/mol. The lowest BCUT2D eigenvalue weighted by molar-refractivity contribution is -0.123. The summed E-state index contributed by atoms with van der Waals surface area (Å²) in [7, 11) is 4.64. The Morgan fingerprint density at radius 3 is 2.68 bits per heavy atom. The van der Waals surface area contributed by atoms with Crippen molar-refractivity contribution in [3.05, 3.63) is 35.9 Å². The molecule has 0 saturated carbocycles. The molecule has 0 aliphatic carbocycles. The van der Waals surface area contributed by atoms with Crippen molar-refractivity contribution in [2.24, 2.45) is 0 Å². The van der Waals surface area contributed by atoms with Gasteiger partial charge >= 0.3 is 0 Å². The van der Waals surface area contributed by atoms with Gasteiger partial charge in [0.25, 0.3) is 0 Å². The van der Waals surface area contributed by atoms with E-state index in [2.05, 4.69) is 5.32 Å². The van der Waals surface area contributed by atoms with Crippen molar-refractivity contribution < 1.29 is 19.0 Å². The van der Waals surface area contributed by atoms with Crippen LogP contribution in [0.4, 0.5) is 0 Å². The van der Waals surface area contributed by atoms with Crippen LogP contribution in [0, 0.1) is 0 Å². The van der Waals surface area contributed by atoms with E-state index >= 15 is 0 Å². The minimum absolute atomic E-state index is 0.207. The zero-order valence-electron chi connectivity index (χ0n) is 11.4. The van der Waals surface area contributed by atoms with E-state index in [1.54, 1.807) is 13.2 Å². The highest BCUT2D eigenvalue weighted by atomic mass is 16.7. The first-order valence-corrected chi connectivity index (χ1v) is 5.85. The second kappa shape index (κ2) is 8.29. The molecule has 0 aliphatic heterocycles. The van der Waals surface area contributed by atoms with Gasteiger partial charge in [0.2, 0.25) is 5.91 Å². The van der Waals surface area contributed by atoms with Crippen LogP contribution in [-0.4, -0.2) is 40.1 Å². The smallest absolute Gasteiger partial charge is 0.244 e. The molecule has 5 heteroatoms. The molecule has 0 aromatic heterocycles. The van der Waals surface area contributed by atoms with Crippen molar-refractivity contribution >= 4 is 12.0 Å². The first kappa shape index (κ1) is 15.2. The highest BCUT2D eigenvalue weighted by Crippen LogP contribution is 2.13. The van der Waals surface area contributed by atoms with Gasteiger partial charge in [0, 0.05) is 20.3 Å². The Bertz CT molecular complexity index is 427. The maximum atomic E-state index is 11.6. The Labute approximate surface area is 113 Å². The number of benzene rings is 1. The van der Waals surface area contributed by atoms with E-state index in [1.807, 2.05) is 24.3 Å². The van der Waals surface area contributed by atoms with Crippen molar-refractivity contribution in [3.63, 3.8) is 0 Å². The molecule has 0 spiro atoms. The first-order valence-electron chi connectivity index (χ1n) is 5.85. The van der Waals surface area contributed by atoms with Crippen LogP contribution in [0.5, 0.6) is 5.75 Å². The van der Waals surface area contributed by atoms with Gasteiger partial charge in [-0.15, -0.1) is 0 Å². The van der Waals surface area contributed by atoms with Crippen LogP contribution in [-0.2, 0) is 14.3 Å². The van der Waals surface area contributed by atoms with E-state index < -0.39 is 6.29 Å². The summed E-state index contributed by atoms with van der Waals surface area (Å²) >= 11 is 0. The minimum Gasteiger partial charge on any atom is -0.497 e. The van der Waals surface area contributed by atoms with Gasteiger partial charge in [-0.25, -0.2) is 0 Å². The van der Waals surface area contributed by atoms with Crippen molar-refractivity contribution in [1.29, 1.82) is 0 Å². The second-order valence-corrected chi connectivity index (χ2v) is 3.76. The zero-order valence-corrected chi connectivity index (χ0v) is 11.4. The van der Waals surface area contributed by atoms with Crippen LogP contribution in [0.2, 0.25) is 0 Å². The molecule has 1 aromatic carbocycles. The number of rotatable bonds is 7. The number of ether oxygens (including phenoxy) is 3. The van der Waals surface area contributed by atoms with Crippen LogP contribution in [0.1, 0.15) is 5.56 Å². The summed E-state index contributed by atoms with van der Waals surface area (Å²) in [6.45, 7) is 0.300. The van der Waals surface area contributed by atoms with Crippen LogP contribution in [0.25, 0.3) is 6.08 Å². The quantitative estimate of drug-likeness (QED) is 0.599. The Morgan fingerprint density at radius 1 is 1.32 bits per heavy atom. The maximum absolute atomic E-state index is 11.6. The molecule has 0 fully saturated rings. The predicted octanol–water partition coefficient (Wildman–Crippen LogP) is 1.44. The summed E-state index contributed by atoms with van der Waals surface area (Å²) in [5.41, 5.74) is 0.893. The lowest BCUT2D eigenvalue weighted by atomic mass is 10.2. The number of carbonyl (C=O) groups is 1. The van der Waals surface area contributed by atoms with Gasteiger partial charge in [0.05, 0.1) is 13.7 Å². The summed E-state index contributed by atoms with van der Waals surface area (Å²) in [4.78, 5) is 11.6. The zero-order chi connectivity index (χ0) is 14.1. The van der Waals surface area contributed by atoms with Crippen molar-refractivity contribution in [3.8, 4) is 5.75 Å². The number of methoxy groups -OCH3 is 3. The van der Waals surface area contributed by atoms with Gasteiger partial charge < -0.3 is 19.5 Å². The summed E-state index contributed by atoms with van der Waals surface area (Å²) in [5, 5.41) is 2.68.